The number of anilines is 2. The highest BCUT2D eigenvalue weighted by Gasteiger charge is 2.22. The first-order valence-corrected chi connectivity index (χ1v) is 6.67. The van der Waals surface area contributed by atoms with Crippen LogP contribution in [0.5, 0.6) is 0 Å². The van der Waals surface area contributed by atoms with Crippen molar-refractivity contribution < 1.29 is 8.81 Å². The Kier molecular flexibility index (Phi) is 3.56. The minimum atomic E-state index is -0.178. The van der Waals surface area contributed by atoms with Gasteiger partial charge in [-0.15, -0.1) is 0 Å². The van der Waals surface area contributed by atoms with Crippen molar-refractivity contribution >= 4 is 11.7 Å². The summed E-state index contributed by atoms with van der Waals surface area (Å²) in [6.07, 6.45) is 1.58. The number of halogens is 1. The van der Waals surface area contributed by atoms with Crippen molar-refractivity contribution in [1.82, 2.24) is 4.98 Å². The number of rotatable bonds is 3. The molecule has 2 N–H and O–H groups in total. The van der Waals surface area contributed by atoms with Gasteiger partial charge in [0.15, 0.2) is 0 Å². The minimum absolute atomic E-state index is 0.178. The van der Waals surface area contributed by atoms with Gasteiger partial charge in [-0.2, -0.15) is 4.98 Å². The molecular weight excluding hydrogens is 259 g/mol. The second kappa shape index (κ2) is 5.50. The lowest BCUT2D eigenvalue weighted by Crippen LogP contribution is -2.47. The van der Waals surface area contributed by atoms with Crippen LogP contribution in [0.1, 0.15) is 5.69 Å². The Bertz CT molecular complexity index is 578. The van der Waals surface area contributed by atoms with E-state index in [2.05, 4.69) is 9.88 Å². The fourth-order valence-corrected chi connectivity index (χ4v) is 2.38. The average Bonchev–Trinajstić information content (AvgIpc) is 2.97. The Hall–Kier alpha value is -2.08. The SMILES string of the molecule is NCc1coc(N2CCN(c3ccccc3F)CC2)n1. The van der Waals surface area contributed by atoms with Gasteiger partial charge in [0, 0.05) is 32.7 Å². The van der Waals surface area contributed by atoms with Gasteiger partial charge >= 0.3 is 0 Å². The fraction of sp³-hybridized carbons (Fsp3) is 0.357. The van der Waals surface area contributed by atoms with Crippen molar-refractivity contribution in [2.24, 2.45) is 5.73 Å². The van der Waals surface area contributed by atoms with Crippen molar-refractivity contribution in [3.63, 3.8) is 0 Å². The summed E-state index contributed by atoms with van der Waals surface area (Å²) in [5.41, 5.74) is 6.92. The van der Waals surface area contributed by atoms with E-state index in [1.165, 1.54) is 6.07 Å². The van der Waals surface area contributed by atoms with Crippen molar-refractivity contribution in [2.75, 3.05) is 36.0 Å². The summed E-state index contributed by atoms with van der Waals surface area (Å²) in [7, 11) is 0. The molecule has 0 saturated carbocycles. The van der Waals surface area contributed by atoms with Crippen molar-refractivity contribution in [3.05, 3.63) is 42.0 Å². The molecular formula is C14H17FN4O. The van der Waals surface area contributed by atoms with Crippen LogP contribution < -0.4 is 15.5 Å². The van der Waals surface area contributed by atoms with Crippen molar-refractivity contribution in [2.45, 2.75) is 6.54 Å². The normalized spacial score (nSPS) is 15.7. The Morgan fingerprint density at radius 2 is 1.85 bits per heavy atom. The fourth-order valence-electron chi connectivity index (χ4n) is 2.38. The van der Waals surface area contributed by atoms with Gasteiger partial charge in [0.25, 0.3) is 6.01 Å². The van der Waals surface area contributed by atoms with E-state index < -0.39 is 0 Å². The van der Waals surface area contributed by atoms with E-state index in [1.807, 2.05) is 17.0 Å². The Labute approximate surface area is 116 Å². The third-order valence-corrected chi connectivity index (χ3v) is 3.49. The quantitative estimate of drug-likeness (QED) is 0.922. The highest BCUT2D eigenvalue weighted by atomic mass is 19.1. The van der Waals surface area contributed by atoms with E-state index in [1.54, 1.807) is 12.3 Å². The predicted molar refractivity (Wildman–Crippen MR) is 75.2 cm³/mol. The van der Waals surface area contributed by atoms with E-state index in [0.717, 1.165) is 31.9 Å². The third kappa shape index (κ3) is 2.46. The number of nitrogens with zero attached hydrogens (tertiary/aromatic N) is 3. The molecule has 6 heteroatoms. The first kappa shape index (κ1) is 12.9. The molecule has 1 aliphatic heterocycles. The lowest BCUT2D eigenvalue weighted by molar-refractivity contribution is 0.513. The number of hydrogen-bond acceptors (Lipinski definition) is 5. The number of aromatic nitrogens is 1. The van der Waals surface area contributed by atoms with Gasteiger partial charge in [-0.05, 0) is 12.1 Å². The van der Waals surface area contributed by atoms with Gasteiger partial charge in [0.2, 0.25) is 0 Å². The predicted octanol–water partition coefficient (Wildman–Crippen LogP) is 1.60. The van der Waals surface area contributed by atoms with E-state index in [4.69, 9.17) is 10.2 Å². The molecule has 0 spiro atoms. The van der Waals surface area contributed by atoms with Gasteiger partial charge in [0.05, 0.1) is 11.4 Å². The van der Waals surface area contributed by atoms with Crippen LogP contribution in [0.3, 0.4) is 0 Å². The summed E-state index contributed by atoms with van der Waals surface area (Å²) < 4.78 is 19.1. The molecule has 1 aliphatic rings. The van der Waals surface area contributed by atoms with Crippen molar-refractivity contribution in [3.8, 4) is 0 Å². The summed E-state index contributed by atoms with van der Waals surface area (Å²) in [4.78, 5) is 8.40. The number of piperazine rings is 1. The molecule has 106 valence electrons. The molecule has 3 rings (SSSR count). The van der Waals surface area contributed by atoms with Crippen LogP contribution in [0, 0.1) is 5.82 Å². The van der Waals surface area contributed by atoms with Crippen LogP contribution in [0.15, 0.2) is 34.9 Å². The standard InChI is InChI=1S/C14H17FN4O/c15-12-3-1-2-4-13(12)18-5-7-19(8-6-18)14-17-11(9-16)10-20-14/h1-4,10H,5-9,16H2. The largest absolute Gasteiger partial charge is 0.432 e. The molecule has 0 aliphatic carbocycles. The van der Waals surface area contributed by atoms with Crippen LogP contribution >= 0.6 is 0 Å². The van der Waals surface area contributed by atoms with Gasteiger partial charge in [0.1, 0.15) is 12.1 Å². The first-order valence-electron chi connectivity index (χ1n) is 6.67. The molecule has 2 aromatic rings. The zero-order valence-electron chi connectivity index (χ0n) is 11.1. The summed E-state index contributed by atoms with van der Waals surface area (Å²) in [6, 6.07) is 7.45. The molecule has 20 heavy (non-hydrogen) atoms. The smallest absolute Gasteiger partial charge is 0.297 e. The molecule has 1 aromatic carbocycles. The lowest BCUT2D eigenvalue weighted by Gasteiger charge is -2.35. The topological polar surface area (TPSA) is 58.5 Å². The molecule has 0 amide bonds. The molecule has 1 fully saturated rings. The van der Waals surface area contributed by atoms with Gasteiger partial charge < -0.3 is 20.0 Å². The summed E-state index contributed by atoms with van der Waals surface area (Å²) in [6.45, 7) is 3.35. The highest BCUT2D eigenvalue weighted by molar-refractivity contribution is 5.49. The van der Waals surface area contributed by atoms with Crippen LogP contribution in [0.4, 0.5) is 16.1 Å². The number of hydrogen-bond donors (Lipinski definition) is 1. The first-order chi connectivity index (χ1) is 9.78. The van der Waals surface area contributed by atoms with E-state index in [0.29, 0.717) is 18.2 Å². The Morgan fingerprint density at radius 1 is 1.15 bits per heavy atom. The van der Waals surface area contributed by atoms with Crippen LogP contribution in [-0.2, 0) is 6.54 Å². The second-order valence-electron chi connectivity index (χ2n) is 4.75. The Morgan fingerprint density at radius 3 is 2.50 bits per heavy atom. The molecule has 1 saturated heterocycles. The van der Waals surface area contributed by atoms with Gasteiger partial charge in [-0.3, -0.25) is 0 Å². The van der Waals surface area contributed by atoms with Gasteiger partial charge in [-0.1, -0.05) is 12.1 Å². The summed E-state index contributed by atoms with van der Waals surface area (Å²) in [5, 5.41) is 0. The van der Waals surface area contributed by atoms with Crippen LogP contribution in [0.2, 0.25) is 0 Å². The van der Waals surface area contributed by atoms with Crippen LogP contribution in [-0.4, -0.2) is 31.2 Å². The average molecular weight is 276 g/mol. The van der Waals surface area contributed by atoms with E-state index in [9.17, 15) is 4.39 Å². The molecule has 0 atom stereocenters. The molecule has 1 aromatic heterocycles. The molecule has 2 heterocycles. The third-order valence-electron chi connectivity index (χ3n) is 3.49. The summed E-state index contributed by atoms with van der Waals surface area (Å²) >= 11 is 0. The Balaban J connectivity index is 1.66. The van der Waals surface area contributed by atoms with Crippen LogP contribution in [0.25, 0.3) is 0 Å². The number of para-hydroxylation sites is 1. The molecule has 0 bridgehead atoms. The summed E-state index contributed by atoms with van der Waals surface area (Å²) in [5.74, 6) is -0.178. The maximum absolute atomic E-state index is 13.7. The zero-order valence-corrected chi connectivity index (χ0v) is 11.1. The monoisotopic (exact) mass is 276 g/mol. The molecule has 0 radical (unpaired) electrons. The zero-order chi connectivity index (χ0) is 13.9. The van der Waals surface area contributed by atoms with E-state index >= 15 is 0 Å². The number of oxazole rings is 1. The minimum Gasteiger partial charge on any atom is -0.432 e. The number of nitrogens with two attached hydrogens (primary N) is 1. The maximum Gasteiger partial charge on any atom is 0.297 e. The molecule has 5 nitrogen and oxygen atoms in total. The lowest BCUT2D eigenvalue weighted by atomic mass is 10.2. The van der Waals surface area contributed by atoms with Gasteiger partial charge in [-0.25, -0.2) is 4.39 Å². The molecule has 0 unspecified atom stereocenters. The van der Waals surface area contributed by atoms with E-state index in [-0.39, 0.29) is 5.82 Å². The highest BCUT2D eigenvalue weighted by Crippen LogP contribution is 2.22. The maximum atomic E-state index is 13.7. The number of benzene rings is 1. The second-order valence-corrected chi connectivity index (χ2v) is 4.75. The van der Waals surface area contributed by atoms with Crippen molar-refractivity contribution in [1.29, 1.82) is 0 Å².